The Morgan fingerprint density at radius 3 is 2.83 bits per heavy atom. The fourth-order valence-electron chi connectivity index (χ4n) is 2.01. The Bertz CT molecular complexity index is 852. The number of aromatic nitrogens is 3. The van der Waals surface area contributed by atoms with Gasteiger partial charge in [0, 0.05) is 19.2 Å². The lowest BCUT2D eigenvalue weighted by Crippen LogP contribution is -2.27. The Labute approximate surface area is 135 Å². The molecule has 0 atom stereocenters. The van der Waals surface area contributed by atoms with E-state index in [0.29, 0.717) is 11.5 Å². The number of pyridine rings is 1. The van der Waals surface area contributed by atoms with E-state index in [4.69, 9.17) is 4.52 Å². The zero-order valence-corrected chi connectivity index (χ0v) is 12.4. The fraction of sp³-hybridized carbons (Fsp3) is 0.125. The molecule has 0 bridgehead atoms. The van der Waals surface area contributed by atoms with Crippen molar-refractivity contribution in [2.24, 2.45) is 0 Å². The Balaban J connectivity index is 1.58. The molecule has 0 fully saturated rings. The topological polar surface area (TPSA) is 80.9 Å². The summed E-state index contributed by atoms with van der Waals surface area (Å²) in [6, 6.07) is 8.71. The van der Waals surface area contributed by atoms with Gasteiger partial charge < -0.3 is 9.84 Å². The maximum absolute atomic E-state index is 13.5. The molecule has 0 aliphatic carbocycles. The van der Waals surface area contributed by atoms with Crippen molar-refractivity contribution >= 4 is 5.91 Å². The van der Waals surface area contributed by atoms with Crippen molar-refractivity contribution in [3.63, 3.8) is 0 Å². The van der Waals surface area contributed by atoms with Crippen LogP contribution < -0.4 is 5.32 Å². The molecule has 1 N–H and O–H groups in total. The van der Waals surface area contributed by atoms with Gasteiger partial charge in [-0.3, -0.25) is 9.78 Å². The van der Waals surface area contributed by atoms with Crippen LogP contribution in [0.25, 0.3) is 11.6 Å². The zero-order valence-electron chi connectivity index (χ0n) is 12.4. The second kappa shape index (κ2) is 6.95. The first-order chi connectivity index (χ1) is 11.6. The average molecular weight is 330 g/mol. The molecule has 1 amide bonds. The summed E-state index contributed by atoms with van der Waals surface area (Å²) in [7, 11) is 0. The van der Waals surface area contributed by atoms with E-state index in [9.17, 15) is 13.6 Å². The van der Waals surface area contributed by atoms with Gasteiger partial charge in [-0.05, 0) is 24.3 Å². The molecule has 2 heterocycles. The van der Waals surface area contributed by atoms with Gasteiger partial charge in [0.15, 0.2) is 17.5 Å². The van der Waals surface area contributed by atoms with E-state index in [1.54, 1.807) is 24.4 Å². The number of hydrogen-bond acceptors (Lipinski definition) is 5. The predicted octanol–water partition coefficient (Wildman–Crippen LogP) is 2.38. The summed E-state index contributed by atoms with van der Waals surface area (Å²) in [5.74, 6) is -2.31. The molecule has 2 aromatic heterocycles. The second-order valence-electron chi connectivity index (χ2n) is 4.84. The number of halogens is 2. The minimum Gasteiger partial charge on any atom is -0.351 e. The molecule has 0 spiro atoms. The molecule has 6 nitrogen and oxygen atoms in total. The van der Waals surface area contributed by atoms with Crippen LogP contribution in [-0.4, -0.2) is 27.6 Å². The van der Waals surface area contributed by atoms with Crippen molar-refractivity contribution in [2.45, 2.75) is 6.42 Å². The second-order valence-corrected chi connectivity index (χ2v) is 4.84. The van der Waals surface area contributed by atoms with Gasteiger partial charge in [0.2, 0.25) is 0 Å². The first-order valence-corrected chi connectivity index (χ1v) is 7.11. The fourth-order valence-corrected chi connectivity index (χ4v) is 2.01. The molecule has 3 rings (SSSR count). The number of nitrogens with zero attached hydrogens (tertiary/aromatic N) is 3. The molecule has 0 aliphatic rings. The summed E-state index contributed by atoms with van der Waals surface area (Å²) in [5.41, 5.74) is 0.194. The largest absolute Gasteiger partial charge is 0.351 e. The summed E-state index contributed by atoms with van der Waals surface area (Å²) >= 11 is 0. The van der Waals surface area contributed by atoms with Crippen LogP contribution in [0.4, 0.5) is 8.78 Å². The van der Waals surface area contributed by atoms with E-state index in [1.807, 2.05) is 0 Å². The Kier molecular flexibility index (Phi) is 4.55. The number of rotatable bonds is 5. The molecule has 1 aromatic carbocycles. The van der Waals surface area contributed by atoms with Gasteiger partial charge in [0.1, 0.15) is 5.69 Å². The van der Waals surface area contributed by atoms with Crippen molar-refractivity contribution < 1.29 is 18.1 Å². The van der Waals surface area contributed by atoms with E-state index in [2.05, 4.69) is 20.4 Å². The van der Waals surface area contributed by atoms with Crippen molar-refractivity contribution in [3.8, 4) is 11.6 Å². The van der Waals surface area contributed by atoms with Crippen LogP contribution in [0.15, 0.2) is 47.1 Å². The first-order valence-electron chi connectivity index (χ1n) is 7.11. The molecule has 8 heteroatoms. The van der Waals surface area contributed by atoms with Crippen LogP contribution in [0.2, 0.25) is 0 Å². The number of nitrogens with one attached hydrogen (secondary N) is 1. The van der Waals surface area contributed by atoms with E-state index in [0.717, 1.165) is 6.07 Å². The lowest BCUT2D eigenvalue weighted by atomic mass is 10.2. The van der Waals surface area contributed by atoms with E-state index in [-0.39, 0.29) is 24.4 Å². The van der Waals surface area contributed by atoms with Crippen molar-refractivity contribution in [1.82, 2.24) is 20.4 Å². The van der Waals surface area contributed by atoms with Gasteiger partial charge >= 0.3 is 0 Å². The van der Waals surface area contributed by atoms with Gasteiger partial charge in [-0.1, -0.05) is 17.3 Å². The molecule has 24 heavy (non-hydrogen) atoms. The van der Waals surface area contributed by atoms with E-state index >= 15 is 0 Å². The predicted molar refractivity (Wildman–Crippen MR) is 79.9 cm³/mol. The molecule has 0 aliphatic heterocycles. The maximum atomic E-state index is 13.5. The van der Waals surface area contributed by atoms with Gasteiger partial charge in [0.05, 0.1) is 5.56 Å². The molecular weight excluding hydrogens is 318 g/mol. The molecule has 0 unspecified atom stereocenters. The zero-order chi connectivity index (χ0) is 16.9. The van der Waals surface area contributed by atoms with Crippen LogP contribution in [0.5, 0.6) is 0 Å². The third-order valence-corrected chi connectivity index (χ3v) is 3.18. The van der Waals surface area contributed by atoms with Gasteiger partial charge in [0.25, 0.3) is 11.8 Å². The van der Waals surface area contributed by atoms with Gasteiger partial charge in [-0.2, -0.15) is 4.98 Å². The van der Waals surface area contributed by atoms with Crippen LogP contribution in [-0.2, 0) is 6.42 Å². The highest BCUT2D eigenvalue weighted by atomic mass is 19.2. The summed E-state index contributed by atoms with van der Waals surface area (Å²) in [6.07, 6.45) is 1.88. The lowest BCUT2D eigenvalue weighted by Gasteiger charge is -2.05. The van der Waals surface area contributed by atoms with Crippen molar-refractivity contribution in [3.05, 3.63) is 65.6 Å². The summed E-state index contributed by atoms with van der Waals surface area (Å²) in [5, 5.41) is 6.26. The Hall–Kier alpha value is -3.16. The highest BCUT2D eigenvalue weighted by Crippen LogP contribution is 2.13. The third kappa shape index (κ3) is 3.43. The molecule has 0 saturated carbocycles. The maximum Gasteiger partial charge on any atom is 0.276 e. The normalized spacial score (nSPS) is 10.6. The summed E-state index contributed by atoms with van der Waals surface area (Å²) in [4.78, 5) is 20.1. The van der Waals surface area contributed by atoms with Gasteiger partial charge in [-0.15, -0.1) is 0 Å². The highest BCUT2D eigenvalue weighted by molar-refractivity contribution is 5.94. The molecule has 0 radical (unpaired) electrons. The molecule has 3 aromatic rings. The van der Waals surface area contributed by atoms with Crippen LogP contribution >= 0.6 is 0 Å². The van der Waals surface area contributed by atoms with Crippen LogP contribution in [0.1, 0.15) is 16.2 Å². The minimum absolute atomic E-state index is 0.149. The van der Waals surface area contributed by atoms with E-state index < -0.39 is 17.5 Å². The SMILES string of the molecule is O=C(NCCc1noc(-c2ccccn2)n1)c1cccc(F)c1F. The van der Waals surface area contributed by atoms with Gasteiger partial charge in [-0.25, -0.2) is 8.78 Å². The quantitative estimate of drug-likeness (QED) is 0.777. The smallest absolute Gasteiger partial charge is 0.276 e. The first kappa shape index (κ1) is 15.7. The lowest BCUT2D eigenvalue weighted by molar-refractivity contribution is 0.0949. The molecule has 0 saturated heterocycles. The number of benzene rings is 1. The summed E-state index contributed by atoms with van der Waals surface area (Å²) in [6.45, 7) is 0.149. The monoisotopic (exact) mass is 330 g/mol. The number of carbonyl (C=O) groups excluding carboxylic acids is 1. The standard InChI is InChI=1S/C16H12F2N4O2/c17-11-5-3-4-10(14(11)18)15(23)20-9-7-13-21-16(24-22-13)12-6-1-2-8-19-12/h1-6,8H,7,9H2,(H,20,23). The molecule has 122 valence electrons. The van der Waals surface area contributed by atoms with Crippen LogP contribution in [0, 0.1) is 11.6 Å². The van der Waals surface area contributed by atoms with Crippen molar-refractivity contribution in [2.75, 3.05) is 6.54 Å². The average Bonchev–Trinajstić information content (AvgIpc) is 3.07. The molecular formula is C16H12F2N4O2. The number of carbonyl (C=O) groups is 1. The minimum atomic E-state index is -1.17. The Morgan fingerprint density at radius 2 is 2.04 bits per heavy atom. The third-order valence-electron chi connectivity index (χ3n) is 3.18. The van der Waals surface area contributed by atoms with Crippen molar-refractivity contribution in [1.29, 1.82) is 0 Å². The number of hydrogen-bond donors (Lipinski definition) is 1. The number of amides is 1. The highest BCUT2D eigenvalue weighted by Gasteiger charge is 2.15. The Morgan fingerprint density at radius 1 is 1.17 bits per heavy atom. The summed E-state index contributed by atoms with van der Waals surface area (Å²) < 4.78 is 31.7. The van der Waals surface area contributed by atoms with E-state index in [1.165, 1.54) is 12.1 Å². The van der Waals surface area contributed by atoms with Crippen LogP contribution in [0.3, 0.4) is 0 Å².